The van der Waals surface area contributed by atoms with Gasteiger partial charge in [0.05, 0.1) is 5.54 Å². The van der Waals surface area contributed by atoms with Gasteiger partial charge in [-0.2, -0.15) is 4.98 Å². The first kappa shape index (κ1) is 14.4. The van der Waals surface area contributed by atoms with Crippen molar-refractivity contribution in [1.82, 2.24) is 15.1 Å². The number of pyridine rings is 1. The second-order valence-electron chi connectivity index (χ2n) is 4.65. The van der Waals surface area contributed by atoms with Gasteiger partial charge in [0.1, 0.15) is 5.69 Å². The van der Waals surface area contributed by atoms with E-state index in [1.54, 1.807) is 6.20 Å². The third-order valence-electron chi connectivity index (χ3n) is 3.31. The summed E-state index contributed by atoms with van der Waals surface area (Å²) in [4.78, 5) is 8.61. The second-order valence-corrected chi connectivity index (χ2v) is 5.56. The van der Waals surface area contributed by atoms with Crippen molar-refractivity contribution in [1.29, 1.82) is 0 Å². The fourth-order valence-corrected chi connectivity index (χ4v) is 2.50. The van der Waals surface area contributed by atoms with E-state index in [9.17, 15) is 0 Å². The molecular weight excluding hydrogens is 332 g/mol. The summed E-state index contributed by atoms with van der Waals surface area (Å²) >= 11 is 3.34. The van der Waals surface area contributed by atoms with E-state index in [1.807, 2.05) is 12.1 Å². The van der Waals surface area contributed by atoms with Gasteiger partial charge < -0.3 is 10.3 Å². The molecular formula is C12H14BrClN4O. The lowest BCUT2D eigenvalue weighted by Gasteiger charge is -2.17. The van der Waals surface area contributed by atoms with E-state index in [2.05, 4.69) is 31.1 Å². The van der Waals surface area contributed by atoms with Crippen molar-refractivity contribution in [3.8, 4) is 11.6 Å². The first-order valence-electron chi connectivity index (χ1n) is 5.92. The number of nitrogens with zero attached hydrogens (tertiary/aromatic N) is 3. The lowest BCUT2D eigenvalue weighted by Crippen LogP contribution is -2.34. The van der Waals surface area contributed by atoms with Crippen molar-refractivity contribution in [3.05, 3.63) is 28.6 Å². The number of halogens is 2. The zero-order chi connectivity index (χ0) is 12.6. The van der Waals surface area contributed by atoms with E-state index in [1.165, 1.54) is 0 Å². The molecule has 0 radical (unpaired) electrons. The summed E-state index contributed by atoms with van der Waals surface area (Å²) in [6.07, 6.45) is 5.78. The highest BCUT2D eigenvalue weighted by atomic mass is 79.9. The highest BCUT2D eigenvalue weighted by Gasteiger charge is 2.36. The molecule has 5 nitrogen and oxygen atoms in total. The molecule has 7 heteroatoms. The summed E-state index contributed by atoms with van der Waals surface area (Å²) in [7, 11) is 0. The fourth-order valence-electron chi connectivity index (χ4n) is 2.26. The lowest BCUT2D eigenvalue weighted by atomic mass is 9.99. The predicted octanol–water partition coefficient (Wildman–Crippen LogP) is 3.04. The Bertz CT molecular complexity index is 551. The molecule has 19 heavy (non-hydrogen) atoms. The third kappa shape index (κ3) is 2.80. The first-order valence-corrected chi connectivity index (χ1v) is 6.72. The highest BCUT2D eigenvalue weighted by Crippen LogP contribution is 2.35. The van der Waals surface area contributed by atoms with E-state index in [0.717, 1.165) is 30.2 Å². The van der Waals surface area contributed by atoms with Crippen LogP contribution in [0.25, 0.3) is 11.6 Å². The van der Waals surface area contributed by atoms with Crippen LogP contribution in [-0.4, -0.2) is 15.1 Å². The lowest BCUT2D eigenvalue weighted by molar-refractivity contribution is 0.372. The molecule has 1 aliphatic carbocycles. The van der Waals surface area contributed by atoms with E-state index < -0.39 is 5.54 Å². The molecule has 2 heterocycles. The Morgan fingerprint density at radius 2 is 2.00 bits per heavy atom. The molecule has 3 rings (SSSR count). The number of hydrogen-bond acceptors (Lipinski definition) is 5. The molecule has 2 aromatic rings. The van der Waals surface area contributed by atoms with E-state index in [-0.39, 0.29) is 12.4 Å². The molecule has 2 aromatic heterocycles. The van der Waals surface area contributed by atoms with Gasteiger partial charge in [-0.25, -0.2) is 4.98 Å². The standard InChI is InChI=1S/C12H13BrN4O.ClH/c13-8-3-4-9(15-7-8)10-16-11(17-18-10)12(14)5-1-2-6-12;/h3-4,7H,1-2,5-6,14H2;1H. The van der Waals surface area contributed by atoms with Crippen LogP contribution in [0.2, 0.25) is 0 Å². The topological polar surface area (TPSA) is 77.8 Å². The molecule has 2 N–H and O–H groups in total. The van der Waals surface area contributed by atoms with Crippen molar-refractivity contribution < 1.29 is 4.52 Å². The van der Waals surface area contributed by atoms with Crippen LogP contribution < -0.4 is 5.73 Å². The molecule has 0 spiro atoms. The second kappa shape index (κ2) is 5.56. The minimum atomic E-state index is -0.420. The molecule has 1 aliphatic rings. The van der Waals surface area contributed by atoms with Gasteiger partial charge in [0.25, 0.3) is 5.89 Å². The van der Waals surface area contributed by atoms with Crippen LogP contribution in [0.5, 0.6) is 0 Å². The predicted molar refractivity (Wildman–Crippen MR) is 76.8 cm³/mol. The number of aromatic nitrogens is 3. The SMILES string of the molecule is Cl.NC1(c2noc(-c3ccc(Br)cn3)n2)CCCC1. The summed E-state index contributed by atoms with van der Waals surface area (Å²) in [6.45, 7) is 0. The van der Waals surface area contributed by atoms with Crippen LogP contribution in [0, 0.1) is 0 Å². The van der Waals surface area contributed by atoms with Crippen LogP contribution in [0.4, 0.5) is 0 Å². The molecule has 0 aliphatic heterocycles. The Labute approximate surface area is 125 Å². The highest BCUT2D eigenvalue weighted by molar-refractivity contribution is 9.10. The van der Waals surface area contributed by atoms with Crippen LogP contribution >= 0.6 is 28.3 Å². The first-order chi connectivity index (χ1) is 8.67. The third-order valence-corrected chi connectivity index (χ3v) is 3.78. The molecule has 102 valence electrons. The molecule has 0 saturated heterocycles. The molecule has 0 atom stereocenters. The molecule has 0 amide bonds. The molecule has 0 unspecified atom stereocenters. The minimum absolute atomic E-state index is 0. The van der Waals surface area contributed by atoms with Gasteiger partial charge in [0, 0.05) is 10.7 Å². The molecule has 0 bridgehead atoms. The molecule has 1 fully saturated rings. The van der Waals surface area contributed by atoms with Crippen LogP contribution in [0.1, 0.15) is 31.5 Å². The van der Waals surface area contributed by atoms with Gasteiger partial charge in [0.15, 0.2) is 5.82 Å². The number of nitrogens with two attached hydrogens (primary N) is 1. The van der Waals surface area contributed by atoms with Gasteiger partial charge in [-0.3, -0.25) is 0 Å². The maximum atomic E-state index is 6.28. The maximum absolute atomic E-state index is 6.28. The monoisotopic (exact) mass is 344 g/mol. The Balaban J connectivity index is 0.00000133. The van der Waals surface area contributed by atoms with Gasteiger partial charge in [-0.05, 0) is 40.9 Å². The fraction of sp³-hybridized carbons (Fsp3) is 0.417. The maximum Gasteiger partial charge on any atom is 0.276 e. The number of hydrogen-bond donors (Lipinski definition) is 1. The van der Waals surface area contributed by atoms with Crippen molar-refractivity contribution in [2.75, 3.05) is 0 Å². The Hall–Kier alpha value is -0.980. The van der Waals surface area contributed by atoms with Crippen molar-refractivity contribution in [2.45, 2.75) is 31.2 Å². The minimum Gasteiger partial charge on any atom is -0.332 e. The largest absolute Gasteiger partial charge is 0.332 e. The normalized spacial score (nSPS) is 17.2. The Kier molecular flexibility index (Phi) is 4.23. The number of rotatable bonds is 2. The van der Waals surface area contributed by atoms with Crippen LogP contribution in [0.15, 0.2) is 27.3 Å². The van der Waals surface area contributed by atoms with E-state index in [0.29, 0.717) is 17.4 Å². The smallest absolute Gasteiger partial charge is 0.276 e. The van der Waals surface area contributed by atoms with E-state index >= 15 is 0 Å². The van der Waals surface area contributed by atoms with Crippen LogP contribution in [-0.2, 0) is 5.54 Å². The summed E-state index contributed by atoms with van der Waals surface area (Å²) < 4.78 is 6.16. The summed E-state index contributed by atoms with van der Waals surface area (Å²) in [6, 6.07) is 3.72. The summed E-state index contributed by atoms with van der Waals surface area (Å²) in [5, 5.41) is 4.01. The van der Waals surface area contributed by atoms with E-state index in [4.69, 9.17) is 10.3 Å². The van der Waals surface area contributed by atoms with Crippen LogP contribution in [0.3, 0.4) is 0 Å². The zero-order valence-electron chi connectivity index (χ0n) is 10.2. The zero-order valence-corrected chi connectivity index (χ0v) is 12.6. The average Bonchev–Trinajstić information content (AvgIpc) is 2.99. The average molecular weight is 346 g/mol. The molecule has 1 saturated carbocycles. The Morgan fingerprint density at radius 3 is 2.63 bits per heavy atom. The van der Waals surface area contributed by atoms with Gasteiger partial charge in [-0.1, -0.05) is 18.0 Å². The Morgan fingerprint density at radius 1 is 1.26 bits per heavy atom. The van der Waals surface area contributed by atoms with Gasteiger partial charge >= 0.3 is 0 Å². The summed E-state index contributed by atoms with van der Waals surface area (Å²) in [5.74, 6) is 1.02. The van der Waals surface area contributed by atoms with Crippen molar-refractivity contribution in [3.63, 3.8) is 0 Å². The van der Waals surface area contributed by atoms with Crippen molar-refractivity contribution >= 4 is 28.3 Å². The summed E-state index contributed by atoms with van der Waals surface area (Å²) in [5.41, 5.74) is 6.53. The van der Waals surface area contributed by atoms with Gasteiger partial charge in [-0.15, -0.1) is 12.4 Å². The van der Waals surface area contributed by atoms with Crippen molar-refractivity contribution in [2.24, 2.45) is 5.73 Å². The molecule has 0 aromatic carbocycles. The van der Waals surface area contributed by atoms with Gasteiger partial charge in [0.2, 0.25) is 0 Å². The quantitative estimate of drug-likeness (QED) is 0.905.